The lowest BCUT2D eigenvalue weighted by Gasteiger charge is -2.04. The van der Waals surface area contributed by atoms with Crippen LogP contribution in [0.3, 0.4) is 0 Å². The number of ether oxygens (including phenoxy) is 1. The maximum absolute atomic E-state index is 10.6. The average molecular weight is 196 g/mol. The highest BCUT2D eigenvalue weighted by atomic mass is 79.9. The Kier molecular flexibility index (Phi) is 4.71. The molecular weight excluding hydrogens is 186 g/mol. The molecule has 0 aliphatic rings. The van der Waals surface area contributed by atoms with Crippen molar-refractivity contribution in [2.45, 2.75) is 4.83 Å². The first-order chi connectivity index (χ1) is 4.22. The fourth-order valence-corrected chi connectivity index (χ4v) is 0.901. The first-order valence-electron chi connectivity index (χ1n) is 2.59. The summed E-state index contributed by atoms with van der Waals surface area (Å²) in [5, 5.41) is 2.83. The van der Waals surface area contributed by atoms with Gasteiger partial charge in [0.05, 0.1) is 7.11 Å². The lowest BCUT2D eigenvalue weighted by Crippen LogP contribution is -2.27. The smallest absolute Gasteiger partial charge is 0.320 e. The quantitative estimate of drug-likeness (QED) is 0.515. The normalized spacial score (nSPS) is 12.8. The van der Waals surface area contributed by atoms with Gasteiger partial charge in [0.15, 0.2) is 0 Å². The van der Waals surface area contributed by atoms with Crippen LogP contribution in [0.1, 0.15) is 0 Å². The third-order valence-electron chi connectivity index (χ3n) is 0.840. The predicted molar refractivity (Wildman–Crippen MR) is 38.7 cm³/mol. The molecule has 0 aliphatic heterocycles. The van der Waals surface area contributed by atoms with E-state index in [0.29, 0.717) is 6.54 Å². The van der Waals surface area contributed by atoms with Gasteiger partial charge in [-0.1, -0.05) is 15.9 Å². The largest absolute Gasteiger partial charge is 0.468 e. The highest BCUT2D eigenvalue weighted by molar-refractivity contribution is 9.10. The first kappa shape index (κ1) is 8.91. The van der Waals surface area contributed by atoms with Crippen LogP contribution < -0.4 is 5.32 Å². The van der Waals surface area contributed by atoms with Gasteiger partial charge < -0.3 is 10.1 Å². The minimum absolute atomic E-state index is 0.229. The number of carbonyl (C=O) groups is 1. The minimum atomic E-state index is -0.246. The van der Waals surface area contributed by atoms with Crippen LogP contribution in [-0.2, 0) is 9.53 Å². The zero-order valence-electron chi connectivity index (χ0n) is 5.48. The summed E-state index contributed by atoms with van der Waals surface area (Å²) in [6, 6.07) is 0. The maximum Gasteiger partial charge on any atom is 0.320 e. The van der Waals surface area contributed by atoms with Crippen LogP contribution in [0.4, 0.5) is 0 Å². The van der Waals surface area contributed by atoms with E-state index in [-0.39, 0.29) is 10.8 Å². The summed E-state index contributed by atoms with van der Waals surface area (Å²) in [4.78, 5) is 10.4. The molecule has 0 heterocycles. The van der Waals surface area contributed by atoms with Gasteiger partial charge in [0.25, 0.3) is 0 Å². The van der Waals surface area contributed by atoms with Crippen LogP contribution >= 0.6 is 15.9 Å². The number of esters is 1. The molecule has 54 valence electrons. The van der Waals surface area contributed by atoms with Crippen LogP contribution in [0, 0.1) is 0 Å². The van der Waals surface area contributed by atoms with Crippen LogP contribution in [0.2, 0.25) is 0 Å². The van der Waals surface area contributed by atoms with E-state index in [2.05, 4.69) is 26.0 Å². The van der Waals surface area contributed by atoms with E-state index >= 15 is 0 Å². The Morgan fingerprint density at radius 1 is 1.89 bits per heavy atom. The van der Waals surface area contributed by atoms with Gasteiger partial charge >= 0.3 is 5.97 Å². The topological polar surface area (TPSA) is 38.3 Å². The van der Waals surface area contributed by atoms with Crippen molar-refractivity contribution in [1.82, 2.24) is 5.32 Å². The standard InChI is InChI=1S/C5H10BrNO2/c1-7-3-4(6)5(8)9-2/h4,7H,3H2,1-2H3. The highest BCUT2D eigenvalue weighted by Gasteiger charge is 2.12. The van der Waals surface area contributed by atoms with E-state index in [1.165, 1.54) is 7.11 Å². The number of nitrogens with one attached hydrogen (secondary N) is 1. The number of rotatable bonds is 3. The molecule has 0 amide bonds. The molecule has 0 saturated heterocycles. The van der Waals surface area contributed by atoms with Crippen LogP contribution in [0.15, 0.2) is 0 Å². The number of hydrogen-bond acceptors (Lipinski definition) is 3. The second-order valence-electron chi connectivity index (χ2n) is 1.55. The molecule has 0 rings (SSSR count). The van der Waals surface area contributed by atoms with E-state index in [0.717, 1.165) is 0 Å². The number of alkyl halides is 1. The molecule has 1 unspecified atom stereocenters. The molecule has 0 aromatic rings. The molecular formula is C5H10BrNO2. The molecule has 1 atom stereocenters. The van der Waals surface area contributed by atoms with Crippen molar-refractivity contribution in [3.8, 4) is 0 Å². The van der Waals surface area contributed by atoms with Crippen molar-refractivity contribution >= 4 is 21.9 Å². The third kappa shape index (κ3) is 3.48. The molecule has 4 heteroatoms. The Bertz CT molecular complexity index is 97.0. The SMILES string of the molecule is CNCC(Br)C(=O)OC. The lowest BCUT2D eigenvalue weighted by atomic mass is 10.4. The Morgan fingerprint density at radius 2 is 2.44 bits per heavy atom. The second kappa shape index (κ2) is 4.76. The van der Waals surface area contributed by atoms with Gasteiger partial charge in [-0.25, -0.2) is 0 Å². The summed E-state index contributed by atoms with van der Waals surface area (Å²) < 4.78 is 4.44. The van der Waals surface area contributed by atoms with E-state index in [1.54, 1.807) is 7.05 Å². The van der Waals surface area contributed by atoms with Crippen LogP contribution in [-0.4, -0.2) is 31.5 Å². The van der Waals surface area contributed by atoms with E-state index in [9.17, 15) is 4.79 Å². The van der Waals surface area contributed by atoms with Crippen molar-refractivity contribution in [3.63, 3.8) is 0 Å². The van der Waals surface area contributed by atoms with Crippen molar-refractivity contribution in [2.24, 2.45) is 0 Å². The molecule has 0 bridgehead atoms. The Labute approximate surface area is 62.9 Å². The van der Waals surface area contributed by atoms with Gasteiger partial charge in [0.2, 0.25) is 0 Å². The van der Waals surface area contributed by atoms with E-state index < -0.39 is 0 Å². The first-order valence-corrected chi connectivity index (χ1v) is 3.50. The van der Waals surface area contributed by atoms with Crippen molar-refractivity contribution in [3.05, 3.63) is 0 Å². The molecule has 0 fully saturated rings. The molecule has 0 saturated carbocycles. The molecule has 0 radical (unpaired) electrons. The predicted octanol–water partition coefficient (Wildman–Crippen LogP) is 0.142. The van der Waals surface area contributed by atoms with Crippen molar-refractivity contribution < 1.29 is 9.53 Å². The van der Waals surface area contributed by atoms with Crippen LogP contribution in [0.25, 0.3) is 0 Å². The fourth-order valence-electron chi connectivity index (χ4n) is 0.390. The Balaban J connectivity index is 3.45. The molecule has 3 nitrogen and oxygen atoms in total. The van der Waals surface area contributed by atoms with E-state index in [4.69, 9.17) is 0 Å². The number of halogens is 1. The van der Waals surface area contributed by atoms with Gasteiger partial charge in [-0.3, -0.25) is 4.79 Å². The third-order valence-corrected chi connectivity index (χ3v) is 1.54. The zero-order valence-corrected chi connectivity index (χ0v) is 7.06. The average Bonchev–Trinajstić information content (AvgIpc) is 1.87. The number of methoxy groups -OCH3 is 1. The zero-order chi connectivity index (χ0) is 7.28. The van der Waals surface area contributed by atoms with Gasteiger partial charge in [-0.05, 0) is 7.05 Å². The monoisotopic (exact) mass is 195 g/mol. The fraction of sp³-hybridized carbons (Fsp3) is 0.800. The van der Waals surface area contributed by atoms with Crippen molar-refractivity contribution in [1.29, 1.82) is 0 Å². The molecule has 1 N–H and O–H groups in total. The van der Waals surface area contributed by atoms with Crippen molar-refractivity contribution in [2.75, 3.05) is 20.7 Å². The van der Waals surface area contributed by atoms with E-state index in [1.807, 2.05) is 0 Å². The Hall–Kier alpha value is -0.0900. The molecule has 0 aliphatic carbocycles. The highest BCUT2D eigenvalue weighted by Crippen LogP contribution is 1.98. The minimum Gasteiger partial charge on any atom is -0.468 e. The van der Waals surface area contributed by atoms with Gasteiger partial charge in [0, 0.05) is 6.54 Å². The maximum atomic E-state index is 10.6. The second-order valence-corrected chi connectivity index (χ2v) is 2.65. The van der Waals surface area contributed by atoms with Gasteiger partial charge in [0.1, 0.15) is 4.83 Å². The number of hydrogen-bond donors (Lipinski definition) is 1. The molecule has 0 aromatic carbocycles. The van der Waals surface area contributed by atoms with Crippen LogP contribution in [0.5, 0.6) is 0 Å². The molecule has 9 heavy (non-hydrogen) atoms. The summed E-state index contributed by atoms with van der Waals surface area (Å²) >= 11 is 3.13. The molecule has 0 spiro atoms. The Morgan fingerprint density at radius 3 is 2.78 bits per heavy atom. The summed E-state index contributed by atoms with van der Waals surface area (Å²) in [5.74, 6) is -0.246. The summed E-state index contributed by atoms with van der Waals surface area (Å²) in [5.41, 5.74) is 0. The lowest BCUT2D eigenvalue weighted by molar-refractivity contribution is -0.139. The molecule has 0 aromatic heterocycles. The van der Waals surface area contributed by atoms with Gasteiger partial charge in [-0.15, -0.1) is 0 Å². The summed E-state index contributed by atoms with van der Waals surface area (Å²) in [6.45, 7) is 0.590. The van der Waals surface area contributed by atoms with Gasteiger partial charge in [-0.2, -0.15) is 0 Å². The summed E-state index contributed by atoms with van der Waals surface area (Å²) in [6.07, 6.45) is 0. The number of carbonyl (C=O) groups excluding carboxylic acids is 1. The summed E-state index contributed by atoms with van der Waals surface area (Å²) in [7, 11) is 3.14.